The van der Waals surface area contributed by atoms with E-state index in [1.165, 1.54) is 133 Å². The van der Waals surface area contributed by atoms with Crippen LogP contribution in [0.2, 0.25) is 0 Å². The molecule has 2 aliphatic carbocycles. The van der Waals surface area contributed by atoms with Crippen LogP contribution >= 0.6 is 0 Å². The van der Waals surface area contributed by atoms with Gasteiger partial charge in [-0.05, 0) is 86.2 Å². The van der Waals surface area contributed by atoms with Crippen molar-refractivity contribution in [2.45, 2.75) is 148 Å². The lowest BCUT2D eigenvalue weighted by molar-refractivity contribution is 0.301. The van der Waals surface area contributed by atoms with E-state index in [0.717, 1.165) is 29.1 Å². The first-order valence-corrected chi connectivity index (χ1v) is 16.2. The summed E-state index contributed by atoms with van der Waals surface area (Å²) in [5, 5.41) is 0. The van der Waals surface area contributed by atoms with Crippen LogP contribution in [0.4, 0.5) is 0 Å². The van der Waals surface area contributed by atoms with Gasteiger partial charge in [0.05, 0.1) is 0 Å². The molecule has 204 valence electrons. The predicted octanol–water partition coefficient (Wildman–Crippen LogP) is 11.0. The Balaban J connectivity index is 1.17. The van der Waals surface area contributed by atoms with Gasteiger partial charge in [-0.3, -0.25) is 0 Å². The number of hydrogen-bond donors (Lipinski definition) is 0. The fourth-order valence-corrected chi connectivity index (χ4v) is 7.15. The molecular formula is C35H54N2. The Morgan fingerprint density at radius 1 is 0.541 bits per heavy atom. The van der Waals surface area contributed by atoms with Crippen molar-refractivity contribution in [1.82, 2.24) is 9.97 Å². The Kier molecular flexibility index (Phi) is 12.0. The van der Waals surface area contributed by atoms with E-state index in [9.17, 15) is 0 Å². The van der Waals surface area contributed by atoms with Gasteiger partial charge in [0.25, 0.3) is 0 Å². The Bertz CT molecular complexity index is 855. The minimum Gasteiger partial charge on any atom is -0.236 e. The SMILES string of the molecule is CCCCCCCCCCC1CCC(c2cnc(-c3ccc(C4CCC(CCC)CC4)cc3)nc2)CC1. The standard InChI is InChI=1S/C35H54N2/c1-3-5-6-7-8-9-10-11-13-29-16-20-32(21-17-29)34-26-36-35(37-27-34)33-24-22-31(23-25-33)30-18-14-28(12-4-2)15-19-30/h22-30,32H,3-21H2,1-2H3. The third-order valence-electron chi connectivity index (χ3n) is 9.64. The first-order chi connectivity index (χ1) is 18.3. The van der Waals surface area contributed by atoms with E-state index in [1.807, 2.05) is 0 Å². The molecule has 0 spiro atoms. The molecule has 0 saturated heterocycles. The van der Waals surface area contributed by atoms with Crippen molar-refractivity contribution in [2.75, 3.05) is 0 Å². The average molecular weight is 503 g/mol. The molecule has 2 aromatic rings. The number of aromatic nitrogens is 2. The van der Waals surface area contributed by atoms with Crippen LogP contribution in [0, 0.1) is 11.8 Å². The minimum atomic E-state index is 0.661. The number of nitrogens with zero attached hydrogens (tertiary/aromatic N) is 2. The van der Waals surface area contributed by atoms with Crippen LogP contribution in [0.15, 0.2) is 36.7 Å². The first kappa shape index (κ1) is 28.3. The second-order valence-corrected chi connectivity index (χ2v) is 12.4. The lowest BCUT2D eigenvalue weighted by Gasteiger charge is -2.29. The summed E-state index contributed by atoms with van der Waals surface area (Å²) < 4.78 is 0. The molecule has 0 bridgehead atoms. The monoisotopic (exact) mass is 502 g/mol. The maximum Gasteiger partial charge on any atom is 0.159 e. The van der Waals surface area contributed by atoms with Gasteiger partial charge in [0.2, 0.25) is 0 Å². The molecule has 2 saturated carbocycles. The van der Waals surface area contributed by atoms with Gasteiger partial charge < -0.3 is 0 Å². The van der Waals surface area contributed by atoms with Crippen molar-refractivity contribution in [3.63, 3.8) is 0 Å². The van der Waals surface area contributed by atoms with Gasteiger partial charge in [0.1, 0.15) is 0 Å². The van der Waals surface area contributed by atoms with Gasteiger partial charge in [-0.25, -0.2) is 9.97 Å². The van der Waals surface area contributed by atoms with Crippen LogP contribution in [0.25, 0.3) is 11.4 Å². The van der Waals surface area contributed by atoms with E-state index in [1.54, 1.807) is 0 Å². The number of hydrogen-bond acceptors (Lipinski definition) is 2. The second-order valence-electron chi connectivity index (χ2n) is 12.4. The zero-order chi connectivity index (χ0) is 25.7. The third kappa shape index (κ3) is 8.93. The van der Waals surface area contributed by atoms with Crippen molar-refractivity contribution in [3.05, 3.63) is 47.8 Å². The molecule has 0 amide bonds. The molecule has 2 aliphatic rings. The van der Waals surface area contributed by atoms with Crippen LogP contribution in [0.1, 0.15) is 159 Å². The molecule has 0 radical (unpaired) electrons. The molecule has 37 heavy (non-hydrogen) atoms. The predicted molar refractivity (Wildman–Crippen MR) is 159 cm³/mol. The van der Waals surface area contributed by atoms with Gasteiger partial charge in [0, 0.05) is 18.0 Å². The first-order valence-electron chi connectivity index (χ1n) is 16.2. The van der Waals surface area contributed by atoms with Crippen molar-refractivity contribution in [3.8, 4) is 11.4 Å². The second kappa shape index (κ2) is 15.6. The number of rotatable bonds is 14. The van der Waals surface area contributed by atoms with E-state index in [2.05, 4.69) is 50.5 Å². The molecule has 1 aromatic heterocycles. The van der Waals surface area contributed by atoms with Crippen molar-refractivity contribution in [1.29, 1.82) is 0 Å². The smallest absolute Gasteiger partial charge is 0.159 e. The highest BCUT2D eigenvalue weighted by molar-refractivity contribution is 5.55. The summed E-state index contributed by atoms with van der Waals surface area (Å²) in [5.74, 6) is 4.21. The summed E-state index contributed by atoms with van der Waals surface area (Å²) in [5.41, 5.74) is 4.03. The van der Waals surface area contributed by atoms with Gasteiger partial charge >= 0.3 is 0 Å². The topological polar surface area (TPSA) is 25.8 Å². The normalized spacial score (nSPS) is 24.3. The maximum atomic E-state index is 4.80. The molecule has 0 unspecified atom stereocenters. The summed E-state index contributed by atoms with van der Waals surface area (Å²) in [6.07, 6.45) is 30.9. The Hall–Kier alpha value is -1.70. The van der Waals surface area contributed by atoms with E-state index in [0.29, 0.717) is 5.92 Å². The van der Waals surface area contributed by atoms with Crippen LogP contribution < -0.4 is 0 Å². The molecule has 1 aromatic carbocycles. The highest BCUT2D eigenvalue weighted by Gasteiger charge is 2.23. The zero-order valence-corrected chi connectivity index (χ0v) is 24.1. The average Bonchev–Trinajstić information content (AvgIpc) is 2.96. The number of unbranched alkanes of at least 4 members (excludes halogenated alkanes) is 7. The lowest BCUT2D eigenvalue weighted by Crippen LogP contribution is -2.14. The van der Waals surface area contributed by atoms with Gasteiger partial charge in [-0.2, -0.15) is 0 Å². The van der Waals surface area contributed by atoms with Crippen molar-refractivity contribution in [2.24, 2.45) is 11.8 Å². The van der Waals surface area contributed by atoms with E-state index in [-0.39, 0.29) is 0 Å². The highest BCUT2D eigenvalue weighted by atomic mass is 14.9. The molecular weight excluding hydrogens is 448 g/mol. The fraction of sp³-hybridized carbons (Fsp3) is 0.714. The number of benzene rings is 1. The molecule has 0 N–H and O–H groups in total. The van der Waals surface area contributed by atoms with Gasteiger partial charge in [-0.15, -0.1) is 0 Å². The minimum absolute atomic E-state index is 0.661. The molecule has 0 atom stereocenters. The largest absolute Gasteiger partial charge is 0.236 e. The summed E-state index contributed by atoms with van der Waals surface area (Å²) in [6.45, 7) is 4.62. The molecule has 2 nitrogen and oxygen atoms in total. The summed E-state index contributed by atoms with van der Waals surface area (Å²) in [4.78, 5) is 9.60. The highest BCUT2D eigenvalue weighted by Crippen LogP contribution is 2.39. The van der Waals surface area contributed by atoms with Crippen LogP contribution in [-0.4, -0.2) is 9.97 Å². The van der Waals surface area contributed by atoms with Crippen LogP contribution in [-0.2, 0) is 0 Å². The van der Waals surface area contributed by atoms with Gasteiger partial charge in [0.15, 0.2) is 5.82 Å². The Morgan fingerprint density at radius 3 is 1.62 bits per heavy atom. The lowest BCUT2D eigenvalue weighted by atomic mass is 9.77. The maximum absolute atomic E-state index is 4.80. The van der Waals surface area contributed by atoms with E-state index >= 15 is 0 Å². The zero-order valence-electron chi connectivity index (χ0n) is 24.1. The van der Waals surface area contributed by atoms with Crippen molar-refractivity contribution >= 4 is 0 Å². The van der Waals surface area contributed by atoms with Crippen LogP contribution in [0.3, 0.4) is 0 Å². The summed E-state index contributed by atoms with van der Waals surface area (Å²) in [6, 6.07) is 9.17. The Morgan fingerprint density at radius 2 is 1.05 bits per heavy atom. The Labute approximate surface area is 228 Å². The quantitative estimate of drug-likeness (QED) is 0.240. The summed E-state index contributed by atoms with van der Waals surface area (Å²) >= 11 is 0. The van der Waals surface area contributed by atoms with E-state index in [4.69, 9.17) is 9.97 Å². The molecule has 2 heteroatoms. The molecule has 4 rings (SSSR count). The van der Waals surface area contributed by atoms with Gasteiger partial charge in [-0.1, -0.05) is 109 Å². The fourth-order valence-electron chi connectivity index (χ4n) is 7.15. The molecule has 1 heterocycles. The van der Waals surface area contributed by atoms with Crippen molar-refractivity contribution < 1.29 is 0 Å². The molecule has 2 fully saturated rings. The third-order valence-corrected chi connectivity index (χ3v) is 9.64. The van der Waals surface area contributed by atoms with E-state index < -0.39 is 0 Å². The van der Waals surface area contributed by atoms with Crippen LogP contribution in [0.5, 0.6) is 0 Å². The molecule has 0 aliphatic heterocycles. The summed E-state index contributed by atoms with van der Waals surface area (Å²) in [7, 11) is 0.